The van der Waals surface area contributed by atoms with Gasteiger partial charge in [-0.15, -0.1) is 0 Å². The van der Waals surface area contributed by atoms with Crippen LogP contribution in [0.15, 0.2) is 36.5 Å². The molecule has 1 N–H and O–H groups in total. The van der Waals surface area contributed by atoms with Crippen LogP contribution in [0, 0.1) is 6.92 Å². The third-order valence-corrected chi connectivity index (χ3v) is 3.74. The molecule has 0 bridgehead atoms. The number of hydrogen-bond donors (Lipinski definition) is 1. The summed E-state index contributed by atoms with van der Waals surface area (Å²) in [4.78, 5) is 6.98. The molecule has 1 aliphatic rings. The van der Waals surface area contributed by atoms with Gasteiger partial charge in [0.2, 0.25) is 5.95 Å². The van der Waals surface area contributed by atoms with Crippen LogP contribution in [0.25, 0.3) is 5.69 Å². The second-order valence-corrected chi connectivity index (χ2v) is 5.15. The highest BCUT2D eigenvalue weighted by atomic mass is 15.3. The summed E-state index contributed by atoms with van der Waals surface area (Å²) in [6.45, 7) is 4.18. The van der Waals surface area contributed by atoms with E-state index in [9.17, 15) is 0 Å². The molecule has 0 spiro atoms. The number of aryl methyl sites for hydroxylation is 1. The number of likely N-dealkylation sites (N-methyl/N-ethyl adjacent to an activating group) is 1. The number of anilines is 1. The predicted octanol–water partition coefficient (Wildman–Crippen LogP) is 1.98. The Morgan fingerprint density at radius 3 is 2.79 bits per heavy atom. The van der Waals surface area contributed by atoms with Crippen molar-refractivity contribution in [2.45, 2.75) is 19.4 Å². The molecule has 0 aliphatic carbocycles. The molecule has 1 aliphatic heterocycles. The van der Waals surface area contributed by atoms with Crippen molar-refractivity contribution in [1.82, 2.24) is 14.9 Å². The van der Waals surface area contributed by atoms with E-state index in [2.05, 4.69) is 52.3 Å². The molecule has 1 fully saturated rings. The van der Waals surface area contributed by atoms with Gasteiger partial charge < -0.3 is 10.2 Å². The molecule has 1 atom stereocenters. The van der Waals surface area contributed by atoms with E-state index in [1.165, 1.54) is 6.42 Å². The van der Waals surface area contributed by atoms with Crippen molar-refractivity contribution in [1.29, 1.82) is 0 Å². The Morgan fingerprint density at radius 1 is 1.32 bits per heavy atom. The number of para-hydroxylation sites is 1. The predicted molar refractivity (Wildman–Crippen MR) is 78.0 cm³/mol. The van der Waals surface area contributed by atoms with Crippen molar-refractivity contribution < 1.29 is 0 Å². The molecule has 3 rings (SSSR count). The highest BCUT2D eigenvalue weighted by Crippen LogP contribution is 2.22. The number of rotatable bonds is 3. The van der Waals surface area contributed by atoms with Crippen molar-refractivity contribution in [3.05, 3.63) is 42.2 Å². The third-order valence-electron chi connectivity index (χ3n) is 3.74. The van der Waals surface area contributed by atoms with Crippen LogP contribution in [-0.4, -0.2) is 35.7 Å². The van der Waals surface area contributed by atoms with Gasteiger partial charge in [0.25, 0.3) is 0 Å². The van der Waals surface area contributed by atoms with E-state index in [1.54, 1.807) is 0 Å². The van der Waals surface area contributed by atoms with Crippen molar-refractivity contribution >= 4 is 5.95 Å². The molecule has 2 heterocycles. The maximum absolute atomic E-state index is 4.69. The summed E-state index contributed by atoms with van der Waals surface area (Å²) >= 11 is 0. The Kier molecular flexibility index (Phi) is 3.25. The number of nitrogens with zero attached hydrogens (tertiary/aromatic N) is 3. The van der Waals surface area contributed by atoms with Gasteiger partial charge in [0, 0.05) is 31.5 Å². The van der Waals surface area contributed by atoms with Gasteiger partial charge in [-0.25, -0.2) is 4.98 Å². The molecule has 1 unspecified atom stereocenters. The average Bonchev–Trinajstić information content (AvgIpc) is 3.08. The summed E-state index contributed by atoms with van der Waals surface area (Å²) in [6.07, 6.45) is 3.28. The molecule has 1 aromatic heterocycles. The van der Waals surface area contributed by atoms with E-state index in [0.717, 1.165) is 30.4 Å². The lowest BCUT2D eigenvalue weighted by atomic mass is 10.2. The van der Waals surface area contributed by atoms with Crippen LogP contribution in [0.4, 0.5) is 5.95 Å². The average molecular weight is 256 g/mol. The summed E-state index contributed by atoms with van der Waals surface area (Å²) in [5.41, 5.74) is 2.22. The zero-order valence-electron chi connectivity index (χ0n) is 11.5. The molecular formula is C15H20N4. The SMILES string of the molecule is Cc1cn(-c2ccccc2)c(N(C)C2CCNC2)n1. The summed E-state index contributed by atoms with van der Waals surface area (Å²) in [7, 11) is 2.14. The van der Waals surface area contributed by atoms with E-state index in [1.807, 2.05) is 13.0 Å². The number of nitrogens with one attached hydrogen (secondary N) is 1. The molecule has 4 nitrogen and oxygen atoms in total. The summed E-state index contributed by atoms with van der Waals surface area (Å²) in [5, 5.41) is 3.41. The van der Waals surface area contributed by atoms with Crippen LogP contribution in [0.3, 0.4) is 0 Å². The van der Waals surface area contributed by atoms with Crippen LogP contribution in [0.1, 0.15) is 12.1 Å². The molecule has 100 valence electrons. The Labute approximate surface area is 114 Å². The zero-order chi connectivity index (χ0) is 13.2. The maximum Gasteiger partial charge on any atom is 0.210 e. The Hall–Kier alpha value is -1.81. The van der Waals surface area contributed by atoms with E-state index in [4.69, 9.17) is 4.98 Å². The minimum atomic E-state index is 0.532. The van der Waals surface area contributed by atoms with Gasteiger partial charge >= 0.3 is 0 Å². The second kappa shape index (κ2) is 5.05. The fraction of sp³-hybridized carbons (Fsp3) is 0.400. The highest BCUT2D eigenvalue weighted by Gasteiger charge is 2.23. The van der Waals surface area contributed by atoms with Crippen molar-refractivity contribution in [2.75, 3.05) is 25.0 Å². The fourth-order valence-electron chi connectivity index (χ4n) is 2.65. The normalized spacial score (nSPS) is 18.7. The maximum atomic E-state index is 4.69. The lowest BCUT2D eigenvalue weighted by Gasteiger charge is -2.25. The number of hydrogen-bond acceptors (Lipinski definition) is 3. The quantitative estimate of drug-likeness (QED) is 0.911. The molecule has 1 saturated heterocycles. The number of imidazole rings is 1. The first-order valence-electron chi connectivity index (χ1n) is 6.80. The van der Waals surface area contributed by atoms with E-state index in [-0.39, 0.29) is 0 Å². The lowest BCUT2D eigenvalue weighted by molar-refractivity contribution is 0.663. The zero-order valence-corrected chi connectivity index (χ0v) is 11.5. The second-order valence-electron chi connectivity index (χ2n) is 5.15. The highest BCUT2D eigenvalue weighted by molar-refractivity contribution is 5.45. The summed E-state index contributed by atoms with van der Waals surface area (Å²) < 4.78 is 2.17. The minimum Gasteiger partial charge on any atom is -0.341 e. The van der Waals surface area contributed by atoms with Crippen LogP contribution in [-0.2, 0) is 0 Å². The van der Waals surface area contributed by atoms with Crippen molar-refractivity contribution in [2.24, 2.45) is 0 Å². The molecule has 19 heavy (non-hydrogen) atoms. The number of aromatic nitrogens is 2. The van der Waals surface area contributed by atoms with Gasteiger partial charge in [-0.05, 0) is 32.0 Å². The van der Waals surface area contributed by atoms with E-state index >= 15 is 0 Å². The standard InChI is InChI=1S/C15H20N4/c1-12-11-19(13-6-4-3-5-7-13)15(17-12)18(2)14-8-9-16-10-14/h3-7,11,14,16H,8-10H2,1-2H3. The molecule has 0 radical (unpaired) electrons. The minimum absolute atomic E-state index is 0.532. The van der Waals surface area contributed by atoms with Gasteiger partial charge in [0.1, 0.15) is 0 Å². The van der Waals surface area contributed by atoms with Crippen molar-refractivity contribution in [3.63, 3.8) is 0 Å². The largest absolute Gasteiger partial charge is 0.341 e. The number of benzene rings is 1. The Bertz CT molecular complexity index is 541. The first-order chi connectivity index (χ1) is 9.25. The summed E-state index contributed by atoms with van der Waals surface area (Å²) in [5.74, 6) is 1.03. The monoisotopic (exact) mass is 256 g/mol. The van der Waals surface area contributed by atoms with E-state index < -0.39 is 0 Å². The fourth-order valence-corrected chi connectivity index (χ4v) is 2.65. The van der Waals surface area contributed by atoms with Crippen LogP contribution < -0.4 is 10.2 Å². The lowest BCUT2D eigenvalue weighted by Crippen LogP contribution is -2.35. The molecule has 0 saturated carbocycles. The third kappa shape index (κ3) is 2.36. The Balaban J connectivity index is 1.97. The summed E-state index contributed by atoms with van der Waals surface area (Å²) in [6, 6.07) is 10.9. The molecular weight excluding hydrogens is 236 g/mol. The van der Waals surface area contributed by atoms with Gasteiger partial charge in [-0.1, -0.05) is 18.2 Å². The Morgan fingerprint density at radius 2 is 2.11 bits per heavy atom. The van der Waals surface area contributed by atoms with Crippen LogP contribution >= 0.6 is 0 Å². The van der Waals surface area contributed by atoms with Crippen molar-refractivity contribution in [3.8, 4) is 5.69 Å². The van der Waals surface area contributed by atoms with Gasteiger partial charge in [0.05, 0.1) is 5.69 Å². The first-order valence-corrected chi connectivity index (χ1v) is 6.80. The molecule has 4 heteroatoms. The van der Waals surface area contributed by atoms with Crippen LogP contribution in [0.2, 0.25) is 0 Å². The van der Waals surface area contributed by atoms with E-state index in [0.29, 0.717) is 6.04 Å². The van der Waals surface area contributed by atoms with Gasteiger partial charge in [0.15, 0.2) is 0 Å². The first kappa shape index (κ1) is 12.2. The smallest absolute Gasteiger partial charge is 0.210 e. The topological polar surface area (TPSA) is 33.1 Å². The molecule has 1 aromatic carbocycles. The van der Waals surface area contributed by atoms with Crippen LogP contribution in [0.5, 0.6) is 0 Å². The molecule has 2 aromatic rings. The van der Waals surface area contributed by atoms with Gasteiger partial charge in [-0.2, -0.15) is 0 Å². The van der Waals surface area contributed by atoms with Gasteiger partial charge in [-0.3, -0.25) is 4.57 Å². The molecule has 0 amide bonds.